The Morgan fingerprint density at radius 3 is 2.40 bits per heavy atom. The van der Waals surface area contributed by atoms with Gasteiger partial charge in [0.15, 0.2) is 0 Å². The largest absolute Gasteiger partial charge is 0.488 e. The predicted octanol–water partition coefficient (Wildman–Crippen LogP) is 6.28. The van der Waals surface area contributed by atoms with Crippen molar-refractivity contribution in [2.45, 2.75) is 33.6 Å². The maximum absolute atomic E-state index is 13.5. The number of benzene rings is 4. The van der Waals surface area contributed by atoms with Gasteiger partial charge < -0.3 is 13.9 Å². The van der Waals surface area contributed by atoms with Crippen molar-refractivity contribution >= 4 is 27.4 Å². The van der Waals surface area contributed by atoms with Gasteiger partial charge in [0.2, 0.25) is 5.36 Å². The molecule has 3 aromatic carbocycles. The van der Waals surface area contributed by atoms with Crippen molar-refractivity contribution in [2.24, 2.45) is 0 Å². The molecule has 7 nitrogen and oxygen atoms in total. The Morgan fingerprint density at radius 1 is 0.930 bits per heavy atom. The smallest absolute Gasteiger partial charge is 0.456 e. The van der Waals surface area contributed by atoms with Crippen molar-refractivity contribution in [3.63, 3.8) is 0 Å². The topological polar surface area (TPSA) is 88.6 Å². The van der Waals surface area contributed by atoms with Crippen LogP contribution in [0.3, 0.4) is 0 Å². The fourth-order valence-electron chi connectivity index (χ4n) is 5.38. The Kier molecular flexibility index (Phi) is 8.92. The molecule has 1 N–H and O–H groups in total. The van der Waals surface area contributed by atoms with Crippen molar-refractivity contribution in [2.75, 3.05) is 19.6 Å². The summed E-state index contributed by atoms with van der Waals surface area (Å²) >= 11 is 0. The number of hydrogen-bond donors (Lipinski definition) is 1. The van der Waals surface area contributed by atoms with Gasteiger partial charge in [-0.05, 0) is 80.6 Å². The molecule has 0 atom stereocenters. The van der Waals surface area contributed by atoms with Crippen molar-refractivity contribution < 1.29 is 25.7 Å². The number of carbonyl (C=O) groups is 1. The number of rotatable bonds is 10. The van der Waals surface area contributed by atoms with E-state index >= 15 is 0 Å². The van der Waals surface area contributed by atoms with E-state index < -0.39 is 10.5 Å². The molecule has 43 heavy (non-hydrogen) atoms. The molecular formula is C34H34FN2O5S+. The van der Waals surface area contributed by atoms with Crippen LogP contribution in [0, 0.1) is 6.92 Å². The van der Waals surface area contributed by atoms with Crippen LogP contribution in [0.5, 0.6) is 5.75 Å². The van der Waals surface area contributed by atoms with E-state index in [4.69, 9.17) is 4.42 Å². The number of fused-ring (bicyclic) bond motifs is 2. The van der Waals surface area contributed by atoms with E-state index in [0.29, 0.717) is 24.9 Å². The Morgan fingerprint density at radius 2 is 1.67 bits per heavy atom. The predicted molar refractivity (Wildman–Crippen MR) is 167 cm³/mol. The van der Waals surface area contributed by atoms with Crippen molar-refractivity contribution in [3.8, 4) is 28.2 Å². The molecule has 0 aromatic heterocycles. The van der Waals surface area contributed by atoms with Gasteiger partial charge in [-0.25, -0.2) is 4.58 Å². The summed E-state index contributed by atoms with van der Waals surface area (Å²) in [6, 6.07) is 26.1. The van der Waals surface area contributed by atoms with Gasteiger partial charge in [-0.3, -0.25) is 4.79 Å². The van der Waals surface area contributed by atoms with Crippen LogP contribution < -0.4 is 19.4 Å². The van der Waals surface area contributed by atoms with Gasteiger partial charge in [0.25, 0.3) is 5.91 Å². The minimum Gasteiger partial charge on any atom is -0.456 e. The molecule has 1 aliphatic carbocycles. The van der Waals surface area contributed by atoms with E-state index in [1.165, 1.54) is 12.1 Å². The van der Waals surface area contributed by atoms with Crippen LogP contribution in [0.2, 0.25) is 0 Å². The summed E-state index contributed by atoms with van der Waals surface area (Å²) in [5.41, 5.74) is 6.02. The summed E-state index contributed by atoms with van der Waals surface area (Å²) in [4.78, 5) is 13.5. The first-order valence-electron chi connectivity index (χ1n) is 14.3. The zero-order chi connectivity index (χ0) is 30.6. The lowest BCUT2D eigenvalue weighted by atomic mass is 9.90. The molecule has 1 amide bonds. The second-order valence-electron chi connectivity index (χ2n) is 10.4. The van der Waals surface area contributed by atoms with Crippen LogP contribution >= 0.6 is 0 Å². The number of carbonyl (C=O) groups excluding carboxylic acids is 1. The second-order valence-corrected chi connectivity index (χ2v) is 11.3. The molecular weight excluding hydrogens is 567 g/mol. The quantitative estimate of drug-likeness (QED) is 0.0881. The van der Waals surface area contributed by atoms with Crippen LogP contribution in [0.25, 0.3) is 33.4 Å². The standard InChI is InChI=1S/C34H33FN2O5S/c1-4-37(5-2)25-15-19-30-32(22-25)41-31-21-23(3)12-18-29(31)33(30)27-10-6-7-11-28(27)34(38)36-20-8-9-24-13-16-26(17-14-24)42-43(35,39)40/h6-7,10-19,21-22H,4-5,8-9,20H2,1-3H3/p+1. The maximum atomic E-state index is 13.5. The average molecular weight is 602 g/mol. The lowest BCUT2D eigenvalue weighted by Crippen LogP contribution is -2.29. The monoisotopic (exact) mass is 601 g/mol. The molecule has 0 fully saturated rings. The van der Waals surface area contributed by atoms with E-state index in [1.54, 1.807) is 12.1 Å². The number of amides is 1. The van der Waals surface area contributed by atoms with Gasteiger partial charge in [-0.15, -0.1) is 0 Å². The summed E-state index contributed by atoms with van der Waals surface area (Å²) in [6.07, 6.45) is 1.28. The minimum absolute atomic E-state index is 0.0932. The SMILES string of the molecule is CC[N+](CC)=c1ccc2c(-c3ccccc3C(=O)NCCCc3ccc(OS(=O)(=O)F)cc3)c3ccc(C)cc3oc-2c1. The molecule has 0 unspecified atom stereocenters. The summed E-state index contributed by atoms with van der Waals surface area (Å²) in [6.45, 7) is 8.49. The molecule has 0 spiro atoms. The third-order valence-electron chi connectivity index (χ3n) is 7.48. The first-order chi connectivity index (χ1) is 20.7. The molecule has 1 heterocycles. The van der Waals surface area contributed by atoms with Gasteiger partial charge in [0, 0.05) is 34.7 Å². The van der Waals surface area contributed by atoms with Crippen LogP contribution in [-0.4, -0.2) is 34.0 Å². The first-order valence-corrected chi connectivity index (χ1v) is 15.6. The van der Waals surface area contributed by atoms with Gasteiger partial charge in [0.05, 0.1) is 6.07 Å². The Hall–Kier alpha value is -4.50. The van der Waals surface area contributed by atoms with E-state index in [9.17, 15) is 17.1 Å². The van der Waals surface area contributed by atoms with E-state index in [2.05, 4.69) is 58.3 Å². The third-order valence-corrected chi connectivity index (χ3v) is 7.87. The number of nitrogens with one attached hydrogen (secondary N) is 1. The van der Waals surface area contributed by atoms with Gasteiger partial charge in [-0.1, -0.05) is 46.4 Å². The zero-order valence-corrected chi connectivity index (χ0v) is 25.2. The normalized spacial score (nSPS) is 11.5. The van der Waals surface area contributed by atoms with Gasteiger partial charge >= 0.3 is 10.5 Å². The summed E-state index contributed by atoms with van der Waals surface area (Å²) in [7, 11) is -5.06. The summed E-state index contributed by atoms with van der Waals surface area (Å²) in [5.74, 6) is 0.485. The molecule has 0 radical (unpaired) electrons. The number of hydrogen-bond acceptors (Lipinski definition) is 5. The molecule has 0 bridgehead atoms. The van der Waals surface area contributed by atoms with Crippen LogP contribution in [0.1, 0.15) is 41.8 Å². The van der Waals surface area contributed by atoms with Crippen molar-refractivity contribution in [1.82, 2.24) is 9.89 Å². The molecule has 2 aliphatic rings. The van der Waals surface area contributed by atoms with E-state index in [0.717, 1.165) is 63.0 Å². The Labute approximate surface area is 251 Å². The third kappa shape index (κ3) is 6.94. The Bertz CT molecular complexity index is 1930. The van der Waals surface area contributed by atoms with Crippen LogP contribution in [0.4, 0.5) is 3.89 Å². The summed E-state index contributed by atoms with van der Waals surface area (Å²) in [5, 5.41) is 5.06. The molecule has 0 saturated carbocycles. The minimum atomic E-state index is -5.06. The number of aryl methyl sites for hydroxylation is 2. The molecule has 1 aliphatic heterocycles. The fourth-order valence-corrected chi connectivity index (χ4v) is 5.72. The number of halogens is 1. The molecule has 9 heteroatoms. The summed E-state index contributed by atoms with van der Waals surface area (Å²) < 4.78 is 47.0. The molecule has 3 aromatic rings. The average Bonchev–Trinajstić information content (AvgIpc) is 2.98. The molecule has 222 valence electrons. The highest BCUT2D eigenvalue weighted by atomic mass is 32.3. The number of nitrogens with zero attached hydrogens (tertiary/aromatic N) is 1. The van der Waals surface area contributed by atoms with E-state index in [1.807, 2.05) is 37.3 Å². The highest BCUT2D eigenvalue weighted by Crippen LogP contribution is 2.41. The second kappa shape index (κ2) is 12.8. The lowest BCUT2D eigenvalue weighted by molar-refractivity contribution is 0.0954. The van der Waals surface area contributed by atoms with Crippen molar-refractivity contribution in [3.05, 3.63) is 107 Å². The van der Waals surface area contributed by atoms with Crippen LogP contribution in [-0.2, 0) is 16.9 Å². The van der Waals surface area contributed by atoms with Gasteiger partial charge in [-0.2, -0.15) is 8.42 Å². The molecule has 0 saturated heterocycles. The van der Waals surface area contributed by atoms with Crippen molar-refractivity contribution in [1.29, 1.82) is 0 Å². The fraction of sp³-hybridized carbons (Fsp3) is 0.235. The molecule has 5 rings (SSSR count). The first kappa shape index (κ1) is 30.0. The van der Waals surface area contributed by atoms with Crippen LogP contribution in [0.15, 0.2) is 89.3 Å². The zero-order valence-electron chi connectivity index (χ0n) is 24.4. The Balaban J connectivity index is 1.43. The lowest BCUT2D eigenvalue weighted by Gasteiger charge is -2.18. The highest BCUT2D eigenvalue weighted by Gasteiger charge is 2.22. The van der Waals surface area contributed by atoms with Gasteiger partial charge in [0.1, 0.15) is 30.2 Å². The maximum Gasteiger partial charge on any atom is 0.488 e. The highest BCUT2D eigenvalue weighted by molar-refractivity contribution is 7.81. The van der Waals surface area contributed by atoms with E-state index in [-0.39, 0.29) is 11.7 Å².